The Balaban J connectivity index is 0.00000364. The largest absolute Gasteiger partial charge is 0.434 e. The van der Waals surface area contributed by atoms with Crippen molar-refractivity contribution in [1.82, 2.24) is 15.6 Å². The molecular weight excluding hydrogens is 509 g/mol. The zero-order valence-electron chi connectivity index (χ0n) is 15.0. The molecule has 1 heterocycles. The van der Waals surface area contributed by atoms with Gasteiger partial charge in [-0.05, 0) is 24.6 Å². The summed E-state index contributed by atoms with van der Waals surface area (Å²) in [6, 6.07) is 4.52. The molecule has 0 fully saturated rings. The number of nitrogens with one attached hydrogen (secondary N) is 2. The summed E-state index contributed by atoms with van der Waals surface area (Å²) >= 11 is 7.64. The molecule has 0 saturated carbocycles. The van der Waals surface area contributed by atoms with Gasteiger partial charge in [-0.1, -0.05) is 18.5 Å². The first-order chi connectivity index (χ1) is 12.5. The Morgan fingerprint density at radius 3 is 2.78 bits per heavy atom. The third kappa shape index (κ3) is 8.14. The van der Waals surface area contributed by atoms with Crippen molar-refractivity contribution in [3.8, 4) is 5.75 Å². The summed E-state index contributed by atoms with van der Waals surface area (Å²) in [5, 5.41) is 7.75. The first kappa shape index (κ1) is 23.8. The number of ether oxygens (including phenoxy) is 1. The molecule has 0 atom stereocenters. The van der Waals surface area contributed by atoms with Crippen LogP contribution in [-0.4, -0.2) is 31.1 Å². The van der Waals surface area contributed by atoms with Crippen molar-refractivity contribution in [3.05, 3.63) is 44.9 Å². The number of hydrogen-bond acceptors (Lipinski definition) is 4. The Bertz CT molecular complexity index is 745. The molecule has 0 spiro atoms. The highest BCUT2D eigenvalue weighted by Crippen LogP contribution is 2.24. The molecule has 2 aromatic rings. The predicted octanol–water partition coefficient (Wildman–Crippen LogP) is 4.49. The minimum absolute atomic E-state index is 0. The number of aliphatic imine (C=N–C) groups is 1. The third-order valence-corrected chi connectivity index (χ3v) is 4.93. The van der Waals surface area contributed by atoms with Crippen LogP contribution >= 0.6 is 46.9 Å². The van der Waals surface area contributed by atoms with Crippen LogP contribution in [0.2, 0.25) is 5.02 Å². The lowest BCUT2D eigenvalue weighted by atomic mass is 10.2. The molecule has 0 radical (unpaired) electrons. The smallest absolute Gasteiger partial charge is 0.387 e. The van der Waals surface area contributed by atoms with Gasteiger partial charge in [0, 0.05) is 48.2 Å². The molecule has 0 aliphatic rings. The standard InChI is InChI=1S/C17H21ClF2N4OS.HI/c1-3-13-10-23-15(26-13)6-7-22-17(21-2)24-9-11-8-12(18)4-5-14(11)25-16(19)20;/h4-5,8,10,16H,3,6-7,9H2,1-2H3,(H2,21,22,24);1H. The van der Waals surface area contributed by atoms with Crippen LogP contribution in [0, 0.1) is 0 Å². The fraction of sp³-hybridized carbons (Fsp3) is 0.412. The number of guanidine groups is 1. The van der Waals surface area contributed by atoms with Gasteiger partial charge in [0.15, 0.2) is 5.96 Å². The van der Waals surface area contributed by atoms with Crippen LogP contribution in [0.3, 0.4) is 0 Å². The quantitative estimate of drug-likeness (QED) is 0.300. The Morgan fingerprint density at radius 2 is 2.15 bits per heavy atom. The van der Waals surface area contributed by atoms with E-state index in [0.29, 0.717) is 23.1 Å². The molecule has 0 aliphatic heterocycles. The van der Waals surface area contributed by atoms with Crippen LogP contribution in [0.4, 0.5) is 8.78 Å². The molecule has 150 valence electrons. The molecule has 27 heavy (non-hydrogen) atoms. The van der Waals surface area contributed by atoms with E-state index in [1.165, 1.54) is 17.0 Å². The molecule has 0 amide bonds. The molecule has 0 bridgehead atoms. The lowest BCUT2D eigenvalue weighted by Gasteiger charge is -2.14. The van der Waals surface area contributed by atoms with Gasteiger partial charge in [-0.2, -0.15) is 8.78 Å². The summed E-state index contributed by atoms with van der Waals surface area (Å²) < 4.78 is 29.5. The molecule has 1 aromatic heterocycles. The van der Waals surface area contributed by atoms with Gasteiger partial charge in [-0.25, -0.2) is 4.98 Å². The third-order valence-electron chi connectivity index (χ3n) is 3.49. The van der Waals surface area contributed by atoms with E-state index in [1.807, 2.05) is 6.20 Å². The molecule has 2 rings (SSSR count). The van der Waals surface area contributed by atoms with Gasteiger partial charge in [0.2, 0.25) is 0 Å². The van der Waals surface area contributed by atoms with Crippen molar-refractivity contribution < 1.29 is 13.5 Å². The summed E-state index contributed by atoms with van der Waals surface area (Å²) in [6.45, 7) is 0.119. The van der Waals surface area contributed by atoms with Gasteiger partial charge < -0.3 is 15.4 Å². The monoisotopic (exact) mass is 530 g/mol. The number of rotatable bonds is 8. The Kier molecular flexibility index (Phi) is 10.9. The van der Waals surface area contributed by atoms with E-state index in [-0.39, 0.29) is 36.3 Å². The first-order valence-electron chi connectivity index (χ1n) is 8.13. The van der Waals surface area contributed by atoms with E-state index >= 15 is 0 Å². The summed E-state index contributed by atoms with van der Waals surface area (Å²) in [4.78, 5) is 9.75. The van der Waals surface area contributed by atoms with Gasteiger partial charge >= 0.3 is 6.61 Å². The van der Waals surface area contributed by atoms with Gasteiger partial charge in [-0.3, -0.25) is 4.99 Å². The Hall–Kier alpha value is -1.20. The average molecular weight is 531 g/mol. The molecule has 0 unspecified atom stereocenters. The maximum absolute atomic E-state index is 12.5. The Labute approximate surface area is 183 Å². The lowest BCUT2D eigenvalue weighted by Crippen LogP contribution is -2.38. The van der Waals surface area contributed by atoms with Crippen LogP contribution < -0.4 is 15.4 Å². The molecule has 5 nitrogen and oxygen atoms in total. The van der Waals surface area contributed by atoms with Crippen molar-refractivity contribution in [3.63, 3.8) is 0 Å². The highest BCUT2D eigenvalue weighted by atomic mass is 127. The number of benzene rings is 1. The van der Waals surface area contributed by atoms with E-state index < -0.39 is 6.61 Å². The minimum Gasteiger partial charge on any atom is -0.434 e. The molecular formula is C17H22ClF2IN4OS. The molecule has 0 saturated heterocycles. The number of aryl methyl sites for hydroxylation is 1. The highest BCUT2D eigenvalue weighted by molar-refractivity contribution is 14.0. The van der Waals surface area contributed by atoms with E-state index in [2.05, 4.69) is 32.3 Å². The van der Waals surface area contributed by atoms with Gasteiger partial charge in [-0.15, -0.1) is 35.3 Å². The van der Waals surface area contributed by atoms with E-state index in [4.69, 9.17) is 11.6 Å². The number of hydrogen-bond donors (Lipinski definition) is 2. The first-order valence-corrected chi connectivity index (χ1v) is 9.32. The fourth-order valence-electron chi connectivity index (χ4n) is 2.21. The van der Waals surface area contributed by atoms with Crippen LogP contribution in [0.15, 0.2) is 29.4 Å². The van der Waals surface area contributed by atoms with Gasteiger partial charge in [0.05, 0.1) is 5.01 Å². The van der Waals surface area contributed by atoms with E-state index in [1.54, 1.807) is 24.5 Å². The SMILES string of the molecule is CCc1cnc(CCNC(=NC)NCc2cc(Cl)ccc2OC(F)F)s1.I. The lowest BCUT2D eigenvalue weighted by molar-refractivity contribution is -0.0504. The number of halogens is 4. The van der Waals surface area contributed by atoms with Crippen LogP contribution in [0.1, 0.15) is 22.4 Å². The summed E-state index contributed by atoms with van der Waals surface area (Å²) in [7, 11) is 1.64. The molecule has 10 heteroatoms. The molecule has 1 aromatic carbocycles. The Morgan fingerprint density at radius 1 is 1.37 bits per heavy atom. The summed E-state index contributed by atoms with van der Waals surface area (Å²) in [6.07, 6.45) is 3.66. The highest BCUT2D eigenvalue weighted by Gasteiger charge is 2.11. The minimum atomic E-state index is -2.89. The number of thiazole rings is 1. The number of aromatic nitrogens is 1. The maximum atomic E-state index is 12.5. The van der Waals surface area contributed by atoms with Gasteiger partial charge in [0.1, 0.15) is 5.75 Å². The summed E-state index contributed by atoms with van der Waals surface area (Å²) in [5.41, 5.74) is 0.522. The average Bonchev–Trinajstić information content (AvgIpc) is 3.07. The van der Waals surface area contributed by atoms with Crippen LogP contribution in [0.5, 0.6) is 5.75 Å². The van der Waals surface area contributed by atoms with E-state index in [0.717, 1.165) is 17.8 Å². The normalized spacial score (nSPS) is 11.3. The van der Waals surface area contributed by atoms with Gasteiger partial charge in [0.25, 0.3) is 0 Å². The van der Waals surface area contributed by atoms with Crippen molar-refractivity contribution in [2.24, 2.45) is 4.99 Å². The predicted molar refractivity (Wildman–Crippen MR) is 117 cm³/mol. The summed E-state index contributed by atoms with van der Waals surface area (Å²) in [5.74, 6) is 0.641. The topological polar surface area (TPSA) is 58.5 Å². The number of nitrogens with zero attached hydrogens (tertiary/aromatic N) is 2. The zero-order chi connectivity index (χ0) is 18.9. The van der Waals surface area contributed by atoms with Crippen molar-refractivity contribution >= 4 is 52.9 Å². The second-order valence-electron chi connectivity index (χ2n) is 5.31. The van der Waals surface area contributed by atoms with Crippen molar-refractivity contribution in [2.45, 2.75) is 32.9 Å². The van der Waals surface area contributed by atoms with Crippen LogP contribution in [0.25, 0.3) is 0 Å². The molecule has 2 N–H and O–H groups in total. The van der Waals surface area contributed by atoms with Crippen LogP contribution in [-0.2, 0) is 19.4 Å². The van der Waals surface area contributed by atoms with Crippen molar-refractivity contribution in [1.29, 1.82) is 0 Å². The maximum Gasteiger partial charge on any atom is 0.387 e. The van der Waals surface area contributed by atoms with E-state index in [9.17, 15) is 8.78 Å². The molecule has 0 aliphatic carbocycles. The van der Waals surface area contributed by atoms with Crippen molar-refractivity contribution in [2.75, 3.05) is 13.6 Å². The zero-order valence-corrected chi connectivity index (χ0v) is 18.9. The second kappa shape index (κ2) is 12.3. The fourth-order valence-corrected chi connectivity index (χ4v) is 3.27. The number of alkyl halides is 2. The second-order valence-corrected chi connectivity index (χ2v) is 6.94.